The maximum Gasteiger partial charge on any atom is 0.138 e. The van der Waals surface area contributed by atoms with Crippen LogP contribution in [0.15, 0.2) is 28.8 Å². The van der Waals surface area contributed by atoms with Gasteiger partial charge in [-0.05, 0) is 38.0 Å². The fourth-order valence-electron chi connectivity index (χ4n) is 1.80. The summed E-state index contributed by atoms with van der Waals surface area (Å²) in [4.78, 5) is 0. The Hall–Kier alpha value is -1.52. The van der Waals surface area contributed by atoms with Crippen LogP contribution in [0.5, 0.6) is 5.75 Å². The van der Waals surface area contributed by atoms with Gasteiger partial charge in [0.2, 0.25) is 0 Å². The van der Waals surface area contributed by atoms with E-state index < -0.39 is 0 Å². The van der Waals surface area contributed by atoms with Crippen LogP contribution in [-0.4, -0.2) is 11.2 Å². The first kappa shape index (κ1) is 13.9. The van der Waals surface area contributed by atoms with E-state index in [9.17, 15) is 0 Å². The molecule has 0 saturated carbocycles. The number of halogens is 1. The molecule has 1 aromatic carbocycles. The van der Waals surface area contributed by atoms with Crippen LogP contribution in [0.3, 0.4) is 0 Å². The van der Waals surface area contributed by atoms with Crippen LogP contribution in [0.4, 0.5) is 0 Å². The number of nitrogens with zero attached hydrogens (tertiary/aromatic N) is 1. The summed E-state index contributed by atoms with van der Waals surface area (Å²) in [6.45, 7) is 4.14. The first-order chi connectivity index (χ1) is 9.04. The van der Waals surface area contributed by atoms with E-state index in [0.717, 1.165) is 23.4 Å². The Labute approximate surface area is 117 Å². The van der Waals surface area contributed by atoms with Crippen molar-refractivity contribution in [1.29, 1.82) is 0 Å². The van der Waals surface area contributed by atoms with Crippen LogP contribution in [0.2, 0.25) is 5.02 Å². The molecule has 0 amide bonds. The average Bonchev–Trinajstić information content (AvgIpc) is 2.73. The minimum atomic E-state index is 0.112. The lowest BCUT2D eigenvalue weighted by molar-refractivity contribution is 0.288. The molecule has 1 unspecified atom stereocenters. The Kier molecular flexibility index (Phi) is 4.45. The highest BCUT2D eigenvalue weighted by molar-refractivity contribution is 6.32. The lowest BCUT2D eigenvalue weighted by Gasteiger charge is -2.09. The summed E-state index contributed by atoms with van der Waals surface area (Å²) >= 11 is 6.17. The van der Waals surface area contributed by atoms with Crippen molar-refractivity contribution in [1.82, 2.24) is 5.16 Å². The molecule has 2 N–H and O–H groups in total. The minimum absolute atomic E-state index is 0.112. The number of ether oxygens (including phenoxy) is 1. The predicted octanol–water partition coefficient (Wildman–Crippen LogP) is 3.11. The maximum atomic E-state index is 6.17. The summed E-state index contributed by atoms with van der Waals surface area (Å²) in [7, 11) is 0. The quantitative estimate of drug-likeness (QED) is 0.914. The number of benzene rings is 1. The molecule has 5 heteroatoms. The number of aryl methyl sites for hydroxylation is 1. The van der Waals surface area contributed by atoms with E-state index >= 15 is 0 Å². The second-order valence-electron chi connectivity index (χ2n) is 4.66. The molecule has 19 heavy (non-hydrogen) atoms. The molecule has 2 rings (SSSR count). The van der Waals surface area contributed by atoms with Crippen molar-refractivity contribution in [2.75, 3.05) is 0 Å². The second kappa shape index (κ2) is 6.08. The number of hydrogen-bond donors (Lipinski definition) is 1. The molecule has 0 spiro atoms. The lowest BCUT2D eigenvalue weighted by Crippen LogP contribution is -2.17. The van der Waals surface area contributed by atoms with Gasteiger partial charge >= 0.3 is 0 Å². The van der Waals surface area contributed by atoms with E-state index in [-0.39, 0.29) is 6.04 Å². The van der Waals surface area contributed by atoms with Gasteiger partial charge in [-0.2, -0.15) is 0 Å². The standard InChI is InChI=1S/C14H17ClN2O2/c1-9(16)5-11-3-4-14(13(15)7-11)18-8-12-6-10(2)19-17-12/h3-4,6-7,9H,5,8,16H2,1-2H3. The van der Waals surface area contributed by atoms with Gasteiger partial charge in [0.15, 0.2) is 0 Å². The summed E-state index contributed by atoms with van der Waals surface area (Å²) in [6.07, 6.45) is 0.794. The Morgan fingerprint density at radius 2 is 2.21 bits per heavy atom. The summed E-state index contributed by atoms with van der Waals surface area (Å²) in [6, 6.07) is 7.65. The van der Waals surface area contributed by atoms with Crippen molar-refractivity contribution in [2.24, 2.45) is 5.73 Å². The van der Waals surface area contributed by atoms with Crippen molar-refractivity contribution in [2.45, 2.75) is 32.9 Å². The SMILES string of the molecule is Cc1cc(COc2ccc(CC(C)N)cc2Cl)no1. The second-order valence-corrected chi connectivity index (χ2v) is 5.07. The van der Waals surface area contributed by atoms with Crippen molar-refractivity contribution in [3.8, 4) is 5.75 Å². The van der Waals surface area contributed by atoms with Crippen molar-refractivity contribution >= 4 is 11.6 Å². The van der Waals surface area contributed by atoms with Gasteiger partial charge in [0.1, 0.15) is 23.8 Å². The van der Waals surface area contributed by atoms with Crippen LogP contribution in [0, 0.1) is 6.92 Å². The molecule has 0 aliphatic rings. The van der Waals surface area contributed by atoms with E-state index in [4.69, 9.17) is 26.6 Å². The number of aromatic nitrogens is 1. The van der Waals surface area contributed by atoms with Gasteiger partial charge in [-0.15, -0.1) is 0 Å². The molecule has 102 valence electrons. The zero-order valence-electron chi connectivity index (χ0n) is 11.0. The zero-order chi connectivity index (χ0) is 13.8. The largest absolute Gasteiger partial charge is 0.486 e. The molecule has 1 aromatic heterocycles. The van der Waals surface area contributed by atoms with E-state index in [1.54, 1.807) is 0 Å². The van der Waals surface area contributed by atoms with E-state index in [0.29, 0.717) is 17.4 Å². The molecule has 0 aliphatic carbocycles. The third-order valence-corrected chi connectivity index (χ3v) is 2.90. The molecule has 2 aromatic rings. The van der Waals surface area contributed by atoms with Crippen LogP contribution in [-0.2, 0) is 13.0 Å². The topological polar surface area (TPSA) is 61.3 Å². The molecule has 0 radical (unpaired) electrons. The molecule has 0 saturated heterocycles. The molecule has 4 nitrogen and oxygen atoms in total. The number of hydrogen-bond acceptors (Lipinski definition) is 4. The number of nitrogens with two attached hydrogens (primary N) is 1. The van der Waals surface area contributed by atoms with Gasteiger partial charge in [0.05, 0.1) is 5.02 Å². The summed E-state index contributed by atoms with van der Waals surface area (Å²) in [5.74, 6) is 1.40. The normalized spacial score (nSPS) is 12.4. The van der Waals surface area contributed by atoms with Crippen LogP contribution in [0.1, 0.15) is 23.9 Å². The van der Waals surface area contributed by atoms with Crippen LogP contribution >= 0.6 is 11.6 Å². The highest BCUT2D eigenvalue weighted by Gasteiger charge is 2.07. The lowest BCUT2D eigenvalue weighted by atomic mass is 10.1. The van der Waals surface area contributed by atoms with E-state index in [1.165, 1.54) is 0 Å². The zero-order valence-corrected chi connectivity index (χ0v) is 11.8. The Morgan fingerprint density at radius 1 is 1.42 bits per heavy atom. The summed E-state index contributed by atoms with van der Waals surface area (Å²) < 4.78 is 10.6. The van der Waals surface area contributed by atoms with Gasteiger partial charge in [0, 0.05) is 12.1 Å². The highest BCUT2D eigenvalue weighted by atomic mass is 35.5. The third kappa shape index (κ3) is 3.98. The van der Waals surface area contributed by atoms with Gasteiger partial charge in [-0.3, -0.25) is 0 Å². The first-order valence-electron chi connectivity index (χ1n) is 6.13. The van der Waals surface area contributed by atoms with Crippen LogP contribution in [0.25, 0.3) is 0 Å². The summed E-state index contributed by atoms with van der Waals surface area (Å²) in [5, 5.41) is 4.44. The molecule has 1 heterocycles. The molecule has 0 fully saturated rings. The van der Waals surface area contributed by atoms with Gasteiger partial charge in [0.25, 0.3) is 0 Å². The van der Waals surface area contributed by atoms with Crippen molar-refractivity contribution in [3.05, 3.63) is 46.3 Å². The van der Waals surface area contributed by atoms with Gasteiger partial charge < -0.3 is 15.0 Å². The molecule has 0 bridgehead atoms. The fourth-order valence-corrected chi connectivity index (χ4v) is 2.06. The Morgan fingerprint density at radius 3 is 2.79 bits per heavy atom. The fraction of sp³-hybridized carbons (Fsp3) is 0.357. The summed E-state index contributed by atoms with van der Waals surface area (Å²) in [5.41, 5.74) is 7.60. The van der Waals surface area contributed by atoms with Crippen molar-refractivity contribution in [3.63, 3.8) is 0 Å². The first-order valence-corrected chi connectivity index (χ1v) is 6.51. The Bertz CT molecular complexity index is 552. The monoisotopic (exact) mass is 280 g/mol. The predicted molar refractivity (Wildman–Crippen MR) is 74.4 cm³/mol. The third-order valence-electron chi connectivity index (χ3n) is 2.61. The van der Waals surface area contributed by atoms with E-state index in [2.05, 4.69) is 5.16 Å². The van der Waals surface area contributed by atoms with E-state index in [1.807, 2.05) is 38.1 Å². The average molecular weight is 281 g/mol. The Balaban J connectivity index is 2.00. The molecular weight excluding hydrogens is 264 g/mol. The maximum absolute atomic E-state index is 6.17. The van der Waals surface area contributed by atoms with Crippen LogP contribution < -0.4 is 10.5 Å². The minimum Gasteiger partial charge on any atom is -0.486 e. The number of rotatable bonds is 5. The molecular formula is C14H17ClN2O2. The molecule has 1 atom stereocenters. The van der Waals surface area contributed by atoms with Crippen molar-refractivity contribution < 1.29 is 9.26 Å². The van der Waals surface area contributed by atoms with Gasteiger partial charge in [-0.25, -0.2) is 0 Å². The highest BCUT2D eigenvalue weighted by Crippen LogP contribution is 2.26. The molecule has 0 aliphatic heterocycles. The smallest absolute Gasteiger partial charge is 0.138 e. The van der Waals surface area contributed by atoms with Gasteiger partial charge in [-0.1, -0.05) is 22.8 Å².